The number of carbonyl (C=O) groups excluding carboxylic acids is 2. The zero-order valence-electron chi connectivity index (χ0n) is 16.0. The van der Waals surface area contributed by atoms with E-state index in [1.165, 1.54) is 5.56 Å². The molecule has 0 radical (unpaired) electrons. The summed E-state index contributed by atoms with van der Waals surface area (Å²) in [4.78, 5) is 33.6. The van der Waals surface area contributed by atoms with Crippen molar-refractivity contribution < 1.29 is 9.59 Å². The topological polar surface area (TPSA) is 53.5 Å². The first kappa shape index (κ1) is 19.1. The Hall–Kier alpha value is -2.69. The molecule has 0 saturated carbocycles. The monoisotopic (exact) mass is 365 g/mol. The fourth-order valence-corrected chi connectivity index (χ4v) is 3.78. The Bertz CT molecular complexity index is 764. The van der Waals surface area contributed by atoms with E-state index in [2.05, 4.69) is 17.1 Å². The van der Waals surface area contributed by atoms with E-state index in [1.54, 1.807) is 17.3 Å². The number of carbonyl (C=O) groups is 2. The molecule has 1 aromatic carbocycles. The minimum atomic E-state index is -0.445. The molecule has 0 spiro atoms. The van der Waals surface area contributed by atoms with E-state index in [-0.39, 0.29) is 18.0 Å². The summed E-state index contributed by atoms with van der Waals surface area (Å²) in [6.07, 6.45) is 6.61. The summed E-state index contributed by atoms with van der Waals surface area (Å²) in [6, 6.07) is 13.6. The van der Waals surface area contributed by atoms with Crippen molar-refractivity contribution in [3.8, 4) is 0 Å². The largest absolute Gasteiger partial charge is 0.323 e. The molecular formula is C22H27N3O2. The number of benzene rings is 1. The van der Waals surface area contributed by atoms with Crippen LogP contribution in [0.15, 0.2) is 54.9 Å². The number of likely N-dealkylation sites (N-methyl/N-ethyl adjacent to an activating group) is 1. The van der Waals surface area contributed by atoms with E-state index in [1.807, 2.05) is 49.2 Å². The lowest BCUT2D eigenvalue weighted by Crippen LogP contribution is -2.45. The highest BCUT2D eigenvalue weighted by molar-refractivity contribution is 5.91. The summed E-state index contributed by atoms with van der Waals surface area (Å²) < 4.78 is 0. The van der Waals surface area contributed by atoms with Crippen LogP contribution in [0.1, 0.15) is 37.3 Å². The molecule has 2 amide bonds. The quantitative estimate of drug-likeness (QED) is 0.758. The molecule has 0 N–H and O–H groups in total. The van der Waals surface area contributed by atoms with Gasteiger partial charge in [-0.3, -0.25) is 14.6 Å². The summed E-state index contributed by atoms with van der Waals surface area (Å²) in [5, 5.41) is 0. The first-order chi connectivity index (χ1) is 13.1. The molecule has 27 heavy (non-hydrogen) atoms. The number of amides is 2. The van der Waals surface area contributed by atoms with Gasteiger partial charge < -0.3 is 9.80 Å². The van der Waals surface area contributed by atoms with E-state index >= 15 is 0 Å². The Morgan fingerprint density at radius 1 is 1.11 bits per heavy atom. The van der Waals surface area contributed by atoms with Crippen molar-refractivity contribution in [2.24, 2.45) is 0 Å². The normalized spacial score (nSPS) is 19.6. The summed E-state index contributed by atoms with van der Waals surface area (Å²) in [5.74, 6) is 0.0727. The van der Waals surface area contributed by atoms with Gasteiger partial charge in [0.15, 0.2) is 0 Å². The molecule has 5 heteroatoms. The first-order valence-corrected chi connectivity index (χ1v) is 9.62. The van der Waals surface area contributed by atoms with Gasteiger partial charge in [0.25, 0.3) is 0 Å². The van der Waals surface area contributed by atoms with Crippen molar-refractivity contribution in [3.63, 3.8) is 0 Å². The minimum Gasteiger partial charge on any atom is -0.323 e. The number of aryl methyl sites for hydroxylation is 1. The van der Waals surface area contributed by atoms with Crippen LogP contribution in [0.4, 0.5) is 0 Å². The van der Waals surface area contributed by atoms with Crippen molar-refractivity contribution in [2.45, 2.75) is 51.2 Å². The van der Waals surface area contributed by atoms with Gasteiger partial charge >= 0.3 is 0 Å². The third kappa shape index (κ3) is 4.35. The van der Waals surface area contributed by atoms with Crippen LogP contribution >= 0.6 is 0 Å². The Balaban J connectivity index is 1.81. The molecule has 3 rings (SSSR count). The molecule has 0 aliphatic carbocycles. The zero-order valence-corrected chi connectivity index (χ0v) is 16.0. The van der Waals surface area contributed by atoms with Crippen LogP contribution in [0, 0.1) is 0 Å². The van der Waals surface area contributed by atoms with E-state index in [9.17, 15) is 9.59 Å². The van der Waals surface area contributed by atoms with Gasteiger partial charge in [-0.1, -0.05) is 43.3 Å². The average Bonchev–Trinajstić information content (AvgIpc) is 2.93. The number of hydrogen-bond donors (Lipinski definition) is 0. The Morgan fingerprint density at radius 3 is 2.52 bits per heavy atom. The predicted molar refractivity (Wildman–Crippen MR) is 105 cm³/mol. The van der Waals surface area contributed by atoms with Crippen molar-refractivity contribution in [1.29, 1.82) is 0 Å². The number of nitrogens with zero attached hydrogens (tertiary/aromatic N) is 3. The second kappa shape index (κ2) is 8.80. The molecule has 5 nitrogen and oxygen atoms in total. The molecule has 0 bridgehead atoms. The molecule has 1 saturated heterocycles. The second-order valence-corrected chi connectivity index (χ2v) is 7.09. The second-order valence-electron chi connectivity index (χ2n) is 7.09. The van der Waals surface area contributed by atoms with Crippen LogP contribution in [0.2, 0.25) is 0 Å². The van der Waals surface area contributed by atoms with Crippen LogP contribution < -0.4 is 0 Å². The lowest BCUT2D eigenvalue weighted by Gasteiger charge is -2.30. The summed E-state index contributed by atoms with van der Waals surface area (Å²) in [6.45, 7) is 1.99. The Labute approximate surface area is 161 Å². The number of aromatic nitrogens is 1. The maximum atomic E-state index is 13.0. The van der Waals surface area contributed by atoms with E-state index in [0.717, 1.165) is 24.8 Å². The van der Waals surface area contributed by atoms with Gasteiger partial charge in [0, 0.05) is 32.3 Å². The van der Waals surface area contributed by atoms with Gasteiger partial charge in [-0.05, 0) is 36.5 Å². The molecule has 2 aromatic rings. The molecule has 2 atom stereocenters. The molecule has 1 unspecified atom stereocenters. The smallest absolute Gasteiger partial charge is 0.247 e. The van der Waals surface area contributed by atoms with Crippen molar-refractivity contribution in [1.82, 2.24) is 14.8 Å². The summed E-state index contributed by atoms with van der Waals surface area (Å²) >= 11 is 0. The highest BCUT2D eigenvalue weighted by atomic mass is 16.2. The standard InChI is InChI=1S/C22H27N3O2/c1-3-8-21(26)25-19(15-18-11-7-14-23-16-18)22(27)24(2)20(25)13-12-17-9-5-4-6-10-17/h4-7,9-11,14,16,19-20H,3,8,12-13,15H2,1-2H3/t19-,20?/m1/s1. The molecule has 1 aromatic heterocycles. The fourth-order valence-electron chi connectivity index (χ4n) is 3.78. The van der Waals surface area contributed by atoms with Gasteiger partial charge in [-0.15, -0.1) is 0 Å². The highest BCUT2D eigenvalue weighted by Gasteiger charge is 2.45. The number of rotatable bonds is 7. The molecule has 142 valence electrons. The van der Waals surface area contributed by atoms with Crippen LogP contribution in [-0.2, 0) is 22.4 Å². The van der Waals surface area contributed by atoms with E-state index in [4.69, 9.17) is 0 Å². The number of pyridine rings is 1. The average molecular weight is 365 g/mol. The highest BCUT2D eigenvalue weighted by Crippen LogP contribution is 2.28. The van der Waals surface area contributed by atoms with Gasteiger partial charge in [0.1, 0.15) is 12.2 Å². The van der Waals surface area contributed by atoms with Crippen LogP contribution in [0.3, 0.4) is 0 Å². The van der Waals surface area contributed by atoms with Crippen molar-refractivity contribution in [3.05, 3.63) is 66.0 Å². The van der Waals surface area contributed by atoms with Crippen LogP contribution in [0.5, 0.6) is 0 Å². The maximum Gasteiger partial charge on any atom is 0.247 e. The van der Waals surface area contributed by atoms with Gasteiger partial charge in [-0.2, -0.15) is 0 Å². The molecule has 1 aliphatic rings. The number of hydrogen-bond acceptors (Lipinski definition) is 3. The van der Waals surface area contributed by atoms with E-state index < -0.39 is 6.04 Å². The summed E-state index contributed by atoms with van der Waals surface area (Å²) in [5.41, 5.74) is 2.19. The maximum absolute atomic E-state index is 13.0. The molecular weight excluding hydrogens is 338 g/mol. The third-order valence-corrected chi connectivity index (χ3v) is 5.17. The van der Waals surface area contributed by atoms with Crippen LogP contribution in [0.25, 0.3) is 0 Å². The first-order valence-electron chi connectivity index (χ1n) is 9.62. The van der Waals surface area contributed by atoms with Gasteiger partial charge in [0.2, 0.25) is 11.8 Å². The SMILES string of the molecule is CCCC(=O)N1C(CCc2ccccc2)N(C)C(=O)[C@H]1Cc1cccnc1. The molecule has 2 heterocycles. The van der Waals surface area contributed by atoms with Crippen molar-refractivity contribution >= 4 is 11.8 Å². The van der Waals surface area contributed by atoms with Crippen LogP contribution in [-0.4, -0.2) is 45.9 Å². The fraction of sp³-hybridized carbons (Fsp3) is 0.409. The predicted octanol–water partition coefficient (Wildman–Crippen LogP) is 3.05. The summed E-state index contributed by atoms with van der Waals surface area (Å²) in [7, 11) is 1.81. The lowest BCUT2D eigenvalue weighted by atomic mass is 10.0. The molecule has 1 fully saturated rings. The Kier molecular flexibility index (Phi) is 6.22. The van der Waals surface area contributed by atoms with Gasteiger partial charge in [-0.25, -0.2) is 0 Å². The third-order valence-electron chi connectivity index (χ3n) is 5.17. The Morgan fingerprint density at radius 2 is 1.85 bits per heavy atom. The zero-order chi connectivity index (χ0) is 19.2. The van der Waals surface area contributed by atoms with E-state index in [0.29, 0.717) is 12.8 Å². The minimum absolute atomic E-state index is 0.0152. The lowest BCUT2D eigenvalue weighted by molar-refractivity contribution is -0.136. The molecule has 1 aliphatic heterocycles. The van der Waals surface area contributed by atoms with Gasteiger partial charge in [0.05, 0.1) is 0 Å². The van der Waals surface area contributed by atoms with Crippen molar-refractivity contribution in [2.75, 3.05) is 7.05 Å².